The van der Waals surface area contributed by atoms with Gasteiger partial charge in [-0.3, -0.25) is 4.79 Å². The van der Waals surface area contributed by atoms with Crippen molar-refractivity contribution >= 4 is 17.3 Å². The third-order valence-electron chi connectivity index (χ3n) is 6.01. The van der Waals surface area contributed by atoms with E-state index in [-0.39, 0.29) is 12.0 Å². The second-order valence-corrected chi connectivity index (χ2v) is 8.72. The van der Waals surface area contributed by atoms with Crippen molar-refractivity contribution in [2.75, 3.05) is 0 Å². The lowest BCUT2D eigenvalue weighted by Gasteiger charge is -2.31. The summed E-state index contributed by atoms with van der Waals surface area (Å²) in [7, 11) is 0. The van der Waals surface area contributed by atoms with Crippen LogP contribution in [-0.2, 0) is 17.6 Å². The highest BCUT2D eigenvalue weighted by atomic mass is 32.1. The average Bonchev–Trinajstić information content (AvgIpc) is 3.20. The highest BCUT2D eigenvalue weighted by molar-refractivity contribution is 7.10. The van der Waals surface area contributed by atoms with Gasteiger partial charge in [0.25, 0.3) is 0 Å². The summed E-state index contributed by atoms with van der Waals surface area (Å²) in [5, 5.41) is 15.2. The van der Waals surface area contributed by atoms with Crippen LogP contribution in [0.3, 0.4) is 0 Å². The second-order valence-electron chi connectivity index (χ2n) is 7.74. The van der Waals surface area contributed by atoms with Crippen molar-refractivity contribution in [2.45, 2.75) is 63.5 Å². The third-order valence-corrected chi connectivity index (χ3v) is 6.95. The zero-order valence-electron chi connectivity index (χ0n) is 15.1. The van der Waals surface area contributed by atoms with Crippen LogP contribution < -0.4 is 5.32 Å². The van der Waals surface area contributed by atoms with Crippen molar-refractivity contribution in [3.05, 3.63) is 57.3 Å². The van der Waals surface area contributed by atoms with E-state index in [0.29, 0.717) is 6.04 Å². The van der Waals surface area contributed by atoms with Crippen LogP contribution in [0.2, 0.25) is 0 Å². The Morgan fingerprint density at radius 3 is 2.54 bits per heavy atom. The molecule has 1 unspecified atom stereocenters. The summed E-state index contributed by atoms with van der Waals surface area (Å²) in [4.78, 5) is 12.6. The van der Waals surface area contributed by atoms with Crippen molar-refractivity contribution in [1.29, 1.82) is 0 Å². The molecular weight excluding hydrogens is 342 g/mol. The molecule has 1 heterocycles. The smallest absolute Gasteiger partial charge is 0.306 e. The van der Waals surface area contributed by atoms with E-state index < -0.39 is 5.97 Å². The summed E-state index contributed by atoms with van der Waals surface area (Å²) in [6.07, 6.45) is 8.49. The molecule has 26 heavy (non-hydrogen) atoms. The van der Waals surface area contributed by atoms with Crippen LogP contribution in [0.4, 0.5) is 0 Å². The van der Waals surface area contributed by atoms with Gasteiger partial charge in [0.15, 0.2) is 0 Å². The fourth-order valence-electron chi connectivity index (χ4n) is 4.47. The summed E-state index contributed by atoms with van der Waals surface area (Å²) >= 11 is 1.80. The minimum Gasteiger partial charge on any atom is -0.481 e. The number of carboxylic acids is 1. The third kappa shape index (κ3) is 3.86. The highest BCUT2D eigenvalue weighted by Gasteiger charge is 2.28. The molecule has 0 radical (unpaired) electrons. The summed E-state index contributed by atoms with van der Waals surface area (Å²) in [6.45, 7) is 0. The van der Waals surface area contributed by atoms with E-state index in [0.717, 1.165) is 25.7 Å². The molecule has 1 fully saturated rings. The first-order valence-electron chi connectivity index (χ1n) is 9.84. The van der Waals surface area contributed by atoms with Crippen molar-refractivity contribution in [3.63, 3.8) is 0 Å². The Kier molecular flexibility index (Phi) is 5.41. The van der Waals surface area contributed by atoms with Gasteiger partial charge in [-0.1, -0.05) is 24.3 Å². The average molecular weight is 370 g/mol. The maximum atomic E-state index is 11.2. The molecule has 138 valence electrons. The van der Waals surface area contributed by atoms with Gasteiger partial charge in [-0.15, -0.1) is 11.3 Å². The molecule has 0 amide bonds. The Balaban J connectivity index is 1.53. The molecule has 0 saturated heterocycles. The Bertz CT molecular complexity index is 748. The van der Waals surface area contributed by atoms with Crippen LogP contribution in [0.1, 0.15) is 66.1 Å². The van der Waals surface area contributed by atoms with Gasteiger partial charge in [0.05, 0.1) is 12.0 Å². The normalized spacial score (nSPS) is 24.0. The molecule has 4 rings (SSSR count). The maximum absolute atomic E-state index is 11.2. The Hall–Kier alpha value is -1.65. The SMILES string of the molecule is O=C(O)C1CCC(NC(c2ccc3c(c2)CCCC3)c2cccs2)CC1. The lowest BCUT2D eigenvalue weighted by molar-refractivity contribution is -0.142. The molecule has 1 aromatic heterocycles. The van der Waals surface area contributed by atoms with E-state index in [1.54, 1.807) is 11.3 Å². The minimum atomic E-state index is -0.632. The van der Waals surface area contributed by atoms with Crippen LogP contribution in [-0.4, -0.2) is 17.1 Å². The van der Waals surface area contributed by atoms with E-state index in [1.807, 2.05) is 0 Å². The van der Waals surface area contributed by atoms with E-state index >= 15 is 0 Å². The number of aryl methyl sites for hydroxylation is 2. The zero-order valence-corrected chi connectivity index (χ0v) is 15.9. The number of rotatable bonds is 5. The van der Waals surface area contributed by atoms with E-state index in [2.05, 4.69) is 41.0 Å². The van der Waals surface area contributed by atoms with Crippen molar-refractivity contribution in [2.24, 2.45) is 5.92 Å². The van der Waals surface area contributed by atoms with Crippen LogP contribution in [0.25, 0.3) is 0 Å². The summed E-state index contributed by atoms with van der Waals surface area (Å²) < 4.78 is 0. The Labute approximate surface area is 159 Å². The summed E-state index contributed by atoms with van der Waals surface area (Å²) in [6, 6.07) is 12.0. The first kappa shape index (κ1) is 17.7. The molecule has 4 heteroatoms. The lowest BCUT2D eigenvalue weighted by atomic mass is 9.85. The Morgan fingerprint density at radius 1 is 1.08 bits per heavy atom. The van der Waals surface area contributed by atoms with Gasteiger partial charge in [-0.05, 0) is 79.5 Å². The number of benzene rings is 1. The molecule has 2 aliphatic carbocycles. The van der Waals surface area contributed by atoms with Gasteiger partial charge < -0.3 is 10.4 Å². The largest absolute Gasteiger partial charge is 0.481 e. The predicted octanol–water partition coefficient (Wildman–Crippen LogP) is 4.95. The molecule has 2 aromatic rings. The van der Waals surface area contributed by atoms with Crippen molar-refractivity contribution in [1.82, 2.24) is 5.32 Å². The molecule has 0 spiro atoms. The highest BCUT2D eigenvalue weighted by Crippen LogP contribution is 2.33. The van der Waals surface area contributed by atoms with Crippen molar-refractivity contribution < 1.29 is 9.90 Å². The number of carbonyl (C=O) groups is 1. The maximum Gasteiger partial charge on any atom is 0.306 e. The number of thiophene rings is 1. The molecule has 0 aliphatic heterocycles. The van der Waals surface area contributed by atoms with Crippen LogP contribution in [0.15, 0.2) is 35.7 Å². The molecule has 2 aliphatic rings. The van der Waals surface area contributed by atoms with Crippen LogP contribution in [0.5, 0.6) is 0 Å². The molecule has 1 saturated carbocycles. The van der Waals surface area contributed by atoms with Gasteiger partial charge in [0, 0.05) is 10.9 Å². The van der Waals surface area contributed by atoms with E-state index in [9.17, 15) is 9.90 Å². The predicted molar refractivity (Wildman–Crippen MR) is 106 cm³/mol. The topological polar surface area (TPSA) is 49.3 Å². The fourth-order valence-corrected chi connectivity index (χ4v) is 5.29. The standard InChI is InChI=1S/C22H27NO2S/c24-22(25)16-9-11-19(12-10-16)23-21(20-6-3-13-26-20)18-8-7-15-4-1-2-5-17(15)14-18/h3,6-8,13-14,16,19,21,23H,1-2,4-5,9-12H2,(H,24,25). The minimum absolute atomic E-state index is 0.156. The second kappa shape index (κ2) is 7.93. The Morgan fingerprint density at radius 2 is 1.85 bits per heavy atom. The zero-order chi connectivity index (χ0) is 17.9. The number of carboxylic acid groups (broad SMARTS) is 1. The number of fused-ring (bicyclic) bond motifs is 1. The molecule has 3 nitrogen and oxygen atoms in total. The number of hydrogen-bond donors (Lipinski definition) is 2. The van der Waals surface area contributed by atoms with Gasteiger partial charge in [-0.2, -0.15) is 0 Å². The molecule has 1 atom stereocenters. The van der Waals surface area contributed by atoms with Crippen LogP contribution >= 0.6 is 11.3 Å². The van der Waals surface area contributed by atoms with E-state index in [4.69, 9.17) is 0 Å². The first-order chi connectivity index (χ1) is 12.7. The first-order valence-corrected chi connectivity index (χ1v) is 10.7. The van der Waals surface area contributed by atoms with E-state index in [1.165, 1.54) is 47.3 Å². The van der Waals surface area contributed by atoms with Gasteiger partial charge in [0.2, 0.25) is 0 Å². The van der Waals surface area contributed by atoms with Gasteiger partial charge in [0.1, 0.15) is 0 Å². The molecule has 2 N–H and O–H groups in total. The molecule has 1 aromatic carbocycles. The molecule has 0 bridgehead atoms. The van der Waals surface area contributed by atoms with Gasteiger partial charge >= 0.3 is 5.97 Å². The lowest BCUT2D eigenvalue weighted by Crippen LogP contribution is -2.37. The van der Waals surface area contributed by atoms with Crippen LogP contribution in [0, 0.1) is 5.92 Å². The summed E-state index contributed by atoms with van der Waals surface area (Å²) in [5.74, 6) is -0.787. The fraction of sp³-hybridized carbons (Fsp3) is 0.500. The monoisotopic (exact) mass is 369 g/mol. The summed E-state index contributed by atoms with van der Waals surface area (Å²) in [5.41, 5.74) is 4.40. The number of nitrogens with one attached hydrogen (secondary N) is 1. The van der Waals surface area contributed by atoms with Crippen molar-refractivity contribution in [3.8, 4) is 0 Å². The van der Waals surface area contributed by atoms with Gasteiger partial charge in [-0.25, -0.2) is 0 Å². The number of hydrogen-bond acceptors (Lipinski definition) is 3. The molecular formula is C22H27NO2S. The quantitative estimate of drug-likeness (QED) is 0.784. The number of aliphatic carboxylic acids is 1.